The number of carbonyl (C=O) groups excluding carboxylic acids is 1. The molecule has 4 nitrogen and oxygen atoms in total. The minimum atomic E-state index is -0.649. The molecule has 0 aliphatic heterocycles. The Morgan fingerprint density at radius 2 is 2.29 bits per heavy atom. The molecule has 0 aliphatic rings. The van der Waals surface area contributed by atoms with Crippen molar-refractivity contribution in [1.29, 1.82) is 0 Å². The molecule has 0 saturated carbocycles. The monoisotopic (exact) mass is 240 g/mol. The number of hydrogen-bond donors (Lipinski definition) is 1. The molecule has 5 heteroatoms. The lowest BCUT2D eigenvalue weighted by Gasteiger charge is -2.05. The van der Waals surface area contributed by atoms with Crippen molar-refractivity contribution in [3.05, 3.63) is 29.8 Å². The van der Waals surface area contributed by atoms with Crippen molar-refractivity contribution in [3.8, 4) is 0 Å². The standard InChI is InChI=1S/C12H17FN2O2/c1-2-8-17-9-4-7-14-12(16)10-5-3-6-11(13)15-10/h3,5-6H,2,4,7-9H2,1H3,(H,14,16). The lowest BCUT2D eigenvalue weighted by molar-refractivity contribution is 0.0935. The minimum Gasteiger partial charge on any atom is -0.381 e. The van der Waals surface area contributed by atoms with Crippen molar-refractivity contribution in [3.63, 3.8) is 0 Å². The van der Waals surface area contributed by atoms with Gasteiger partial charge in [-0.3, -0.25) is 4.79 Å². The van der Waals surface area contributed by atoms with E-state index in [0.717, 1.165) is 19.4 Å². The summed E-state index contributed by atoms with van der Waals surface area (Å²) in [5, 5.41) is 2.65. The third kappa shape index (κ3) is 5.40. The first kappa shape index (κ1) is 13.6. The van der Waals surface area contributed by atoms with Gasteiger partial charge in [0.15, 0.2) is 0 Å². The molecule has 0 radical (unpaired) electrons. The first-order valence-corrected chi connectivity index (χ1v) is 5.72. The van der Waals surface area contributed by atoms with E-state index in [1.165, 1.54) is 18.2 Å². The van der Waals surface area contributed by atoms with E-state index in [-0.39, 0.29) is 11.6 Å². The van der Waals surface area contributed by atoms with Crippen LogP contribution in [0.4, 0.5) is 4.39 Å². The molecule has 94 valence electrons. The molecule has 1 N–H and O–H groups in total. The van der Waals surface area contributed by atoms with Crippen LogP contribution < -0.4 is 5.32 Å². The third-order valence-corrected chi connectivity index (χ3v) is 2.05. The smallest absolute Gasteiger partial charge is 0.269 e. The zero-order chi connectivity index (χ0) is 12.5. The van der Waals surface area contributed by atoms with Crippen molar-refractivity contribution in [2.75, 3.05) is 19.8 Å². The molecule has 1 aromatic rings. The van der Waals surface area contributed by atoms with Crippen molar-refractivity contribution in [1.82, 2.24) is 10.3 Å². The van der Waals surface area contributed by atoms with Gasteiger partial charge in [-0.05, 0) is 25.0 Å². The summed E-state index contributed by atoms with van der Waals surface area (Å²) in [6, 6.07) is 4.14. The van der Waals surface area contributed by atoms with Crippen molar-refractivity contribution < 1.29 is 13.9 Å². The summed E-state index contributed by atoms with van der Waals surface area (Å²) >= 11 is 0. The van der Waals surface area contributed by atoms with Crippen LogP contribution in [0, 0.1) is 5.95 Å². The van der Waals surface area contributed by atoms with Gasteiger partial charge in [-0.15, -0.1) is 0 Å². The Hall–Kier alpha value is -1.49. The number of ether oxygens (including phenoxy) is 1. The lowest BCUT2D eigenvalue weighted by atomic mass is 10.3. The fourth-order valence-corrected chi connectivity index (χ4v) is 1.25. The summed E-state index contributed by atoms with van der Waals surface area (Å²) in [4.78, 5) is 15.0. The molecule has 1 amide bonds. The van der Waals surface area contributed by atoms with Gasteiger partial charge in [0.05, 0.1) is 0 Å². The van der Waals surface area contributed by atoms with Crippen molar-refractivity contribution in [2.24, 2.45) is 0 Å². The van der Waals surface area contributed by atoms with Crippen LogP contribution in [0.25, 0.3) is 0 Å². The second kappa shape index (κ2) is 7.73. The minimum absolute atomic E-state index is 0.0967. The number of hydrogen-bond acceptors (Lipinski definition) is 3. The number of amides is 1. The molecule has 1 aromatic heterocycles. The summed E-state index contributed by atoms with van der Waals surface area (Å²) in [7, 11) is 0. The molecule has 17 heavy (non-hydrogen) atoms. The van der Waals surface area contributed by atoms with E-state index in [1.54, 1.807) is 0 Å². The molecule has 0 unspecified atom stereocenters. The summed E-state index contributed by atoms with van der Waals surface area (Å²) in [6.45, 7) is 3.89. The fourth-order valence-electron chi connectivity index (χ4n) is 1.25. The van der Waals surface area contributed by atoms with Gasteiger partial charge in [-0.1, -0.05) is 13.0 Å². The molecule has 0 spiro atoms. The molecular weight excluding hydrogens is 223 g/mol. The fraction of sp³-hybridized carbons (Fsp3) is 0.500. The van der Waals surface area contributed by atoms with E-state index in [1.807, 2.05) is 6.92 Å². The average molecular weight is 240 g/mol. The summed E-state index contributed by atoms with van der Waals surface area (Å²) < 4.78 is 18.0. The Morgan fingerprint density at radius 3 is 3.00 bits per heavy atom. The number of nitrogens with one attached hydrogen (secondary N) is 1. The second-order valence-electron chi connectivity index (χ2n) is 3.57. The number of rotatable bonds is 7. The predicted molar refractivity (Wildman–Crippen MR) is 62.3 cm³/mol. The number of nitrogens with zero attached hydrogens (tertiary/aromatic N) is 1. The number of halogens is 1. The first-order chi connectivity index (χ1) is 8.24. The van der Waals surface area contributed by atoms with Gasteiger partial charge in [0.2, 0.25) is 5.95 Å². The highest BCUT2D eigenvalue weighted by molar-refractivity contribution is 5.92. The maximum atomic E-state index is 12.7. The van der Waals surface area contributed by atoms with Gasteiger partial charge in [0.25, 0.3) is 5.91 Å². The SMILES string of the molecule is CCCOCCCNC(=O)c1cccc(F)n1. The molecule has 1 heterocycles. The molecular formula is C12H17FN2O2. The summed E-state index contributed by atoms with van der Waals surface area (Å²) in [5.74, 6) is -1.01. The van der Waals surface area contributed by atoms with Crippen LogP contribution in [0.5, 0.6) is 0 Å². The molecule has 0 aliphatic carbocycles. The molecule has 1 rings (SSSR count). The average Bonchev–Trinajstić information content (AvgIpc) is 2.33. The van der Waals surface area contributed by atoms with Crippen LogP contribution in [-0.2, 0) is 4.74 Å². The van der Waals surface area contributed by atoms with E-state index in [4.69, 9.17) is 4.74 Å². The third-order valence-electron chi connectivity index (χ3n) is 2.05. The zero-order valence-electron chi connectivity index (χ0n) is 9.91. The number of carbonyl (C=O) groups is 1. The zero-order valence-corrected chi connectivity index (χ0v) is 9.91. The topological polar surface area (TPSA) is 51.2 Å². The molecule has 0 aromatic carbocycles. The highest BCUT2D eigenvalue weighted by atomic mass is 19.1. The molecule has 0 fully saturated rings. The quantitative estimate of drug-likeness (QED) is 0.583. The van der Waals surface area contributed by atoms with Crippen molar-refractivity contribution in [2.45, 2.75) is 19.8 Å². The van der Waals surface area contributed by atoms with E-state index in [9.17, 15) is 9.18 Å². The number of aromatic nitrogens is 1. The molecule has 0 bridgehead atoms. The van der Waals surface area contributed by atoms with Crippen LogP contribution in [0.2, 0.25) is 0 Å². The highest BCUT2D eigenvalue weighted by Gasteiger charge is 2.06. The van der Waals surface area contributed by atoms with Gasteiger partial charge in [0, 0.05) is 19.8 Å². The van der Waals surface area contributed by atoms with Crippen LogP contribution in [-0.4, -0.2) is 30.6 Å². The normalized spacial score (nSPS) is 10.2. The van der Waals surface area contributed by atoms with Crippen LogP contribution in [0.1, 0.15) is 30.3 Å². The Morgan fingerprint density at radius 1 is 1.47 bits per heavy atom. The van der Waals surface area contributed by atoms with Gasteiger partial charge in [-0.2, -0.15) is 4.39 Å². The van der Waals surface area contributed by atoms with Gasteiger partial charge < -0.3 is 10.1 Å². The Labute approximate surface area is 100 Å². The Balaban J connectivity index is 2.21. The van der Waals surface area contributed by atoms with E-state index >= 15 is 0 Å². The molecule has 0 saturated heterocycles. The summed E-state index contributed by atoms with van der Waals surface area (Å²) in [5.41, 5.74) is 0.0967. The van der Waals surface area contributed by atoms with Gasteiger partial charge in [-0.25, -0.2) is 4.98 Å². The van der Waals surface area contributed by atoms with E-state index < -0.39 is 5.95 Å². The van der Waals surface area contributed by atoms with Crippen molar-refractivity contribution >= 4 is 5.91 Å². The maximum Gasteiger partial charge on any atom is 0.269 e. The highest BCUT2D eigenvalue weighted by Crippen LogP contribution is 1.97. The van der Waals surface area contributed by atoms with Crippen LogP contribution in [0.3, 0.4) is 0 Å². The maximum absolute atomic E-state index is 12.7. The molecule has 0 atom stereocenters. The van der Waals surface area contributed by atoms with Crippen LogP contribution >= 0.6 is 0 Å². The number of pyridine rings is 1. The summed E-state index contributed by atoms with van der Waals surface area (Å²) in [6.07, 6.45) is 1.72. The Kier molecular flexibility index (Phi) is 6.17. The Bertz CT molecular complexity index is 358. The lowest BCUT2D eigenvalue weighted by Crippen LogP contribution is -2.26. The van der Waals surface area contributed by atoms with Gasteiger partial charge in [0.1, 0.15) is 5.69 Å². The van der Waals surface area contributed by atoms with E-state index in [2.05, 4.69) is 10.3 Å². The second-order valence-corrected chi connectivity index (χ2v) is 3.57. The van der Waals surface area contributed by atoms with Crippen LogP contribution in [0.15, 0.2) is 18.2 Å². The predicted octanol–water partition coefficient (Wildman–Crippen LogP) is 1.77. The first-order valence-electron chi connectivity index (χ1n) is 5.72. The van der Waals surface area contributed by atoms with Gasteiger partial charge >= 0.3 is 0 Å². The largest absolute Gasteiger partial charge is 0.381 e. The van der Waals surface area contributed by atoms with E-state index in [0.29, 0.717) is 13.2 Å².